The van der Waals surface area contributed by atoms with Gasteiger partial charge in [0.2, 0.25) is 0 Å². The number of hydrogen-bond acceptors (Lipinski definition) is 5. The molecule has 0 aliphatic carbocycles. The van der Waals surface area contributed by atoms with Gasteiger partial charge < -0.3 is 9.88 Å². The molecule has 0 atom stereocenters. The van der Waals surface area contributed by atoms with Crippen LogP contribution in [0.25, 0.3) is 10.8 Å². The van der Waals surface area contributed by atoms with Crippen molar-refractivity contribution < 1.29 is 4.79 Å². The van der Waals surface area contributed by atoms with Gasteiger partial charge >= 0.3 is 0 Å². The third kappa shape index (κ3) is 3.92. The molecule has 1 amide bonds. The fourth-order valence-electron chi connectivity index (χ4n) is 3.79. The Labute approximate surface area is 168 Å². The number of amides is 1. The highest BCUT2D eigenvalue weighted by molar-refractivity contribution is 6.04. The Balaban J connectivity index is 1.63. The maximum atomic E-state index is 13.0. The molecule has 0 bridgehead atoms. The number of carbonyl (C=O) groups excluding carboxylic acids is 1. The van der Waals surface area contributed by atoms with Gasteiger partial charge in [0.15, 0.2) is 11.5 Å². The second-order valence-electron chi connectivity index (χ2n) is 7.95. The minimum atomic E-state index is -0.315. The summed E-state index contributed by atoms with van der Waals surface area (Å²) in [6, 6.07) is 7.12. The molecule has 3 heterocycles. The van der Waals surface area contributed by atoms with Crippen molar-refractivity contribution >= 4 is 16.7 Å². The van der Waals surface area contributed by atoms with Crippen LogP contribution in [0, 0.1) is 5.92 Å². The van der Waals surface area contributed by atoms with E-state index in [4.69, 9.17) is 0 Å². The summed E-state index contributed by atoms with van der Waals surface area (Å²) in [5.41, 5.74) is 0.0880. The molecule has 0 fully saturated rings. The molecule has 8 heteroatoms. The van der Waals surface area contributed by atoms with Gasteiger partial charge in [-0.25, -0.2) is 4.68 Å². The Kier molecular flexibility index (Phi) is 5.42. The first-order valence-electron chi connectivity index (χ1n) is 10.2. The molecule has 0 saturated heterocycles. The van der Waals surface area contributed by atoms with Crippen molar-refractivity contribution in [3.8, 4) is 0 Å². The number of benzene rings is 1. The van der Waals surface area contributed by atoms with Crippen LogP contribution >= 0.6 is 0 Å². The number of fused-ring (bicyclic) bond motifs is 2. The molecule has 0 unspecified atom stereocenters. The van der Waals surface area contributed by atoms with Crippen LogP contribution in [0.3, 0.4) is 0 Å². The van der Waals surface area contributed by atoms with E-state index < -0.39 is 0 Å². The van der Waals surface area contributed by atoms with Gasteiger partial charge in [-0.05, 0) is 24.8 Å². The van der Waals surface area contributed by atoms with E-state index >= 15 is 0 Å². The van der Waals surface area contributed by atoms with Gasteiger partial charge in [0.25, 0.3) is 11.5 Å². The van der Waals surface area contributed by atoms with Crippen molar-refractivity contribution in [1.82, 2.24) is 29.9 Å². The number of aromatic nitrogens is 5. The number of aryl methyl sites for hydroxylation is 1. The van der Waals surface area contributed by atoms with Crippen LogP contribution in [-0.2, 0) is 26.1 Å². The quantitative estimate of drug-likeness (QED) is 0.716. The highest BCUT2D eigenvalue weighted by Gasteiger charge is 2.19. The van der Waals surface area contributed by atoms with Crippen LogP contribution in [0.2, 0.25) is 0 Å². The van der Waals surface area contributed by atoms with Crippen LogP contribution in [0.4, 0.5) is 0 Å². The lowest BCUT2D eigenvalue weighted by Gasteiger charge is -2.13. The van der Waals surface area contributed by atoms with E-state index in [1.54, 1.807) is 18.2 Å². The fourth-order valence-corrected chi connectivity index (χ4v) is 3.79. The lowest BCUT2D eigenvalue weighted by Crippen LogP contribution is -2.32. The number of carbonyl (C=O) groups is 1. The molecule has 152 valence electrons. The van der Waals surface area contributed by atoms with E-state index in [-0.39, 0.29) is 29.6 Å². The predicted molar refractivity (Wildman–Crippen MR) is 110 cm³/mol. The van der Waals surface area contributed by atoms with Crippen molar-refractivity contribution in [2.24, 2.45) is 5.92 Å². The zero-order valence-electron chi connectivity index (χ0n) is 16.9. The van der Waals surface area contributed by atoms with Crippen molar-refractivity contribution in [3.05, 3.63) is 52.0 Å². The van der Waals surface area contributed by atoms with Gasteiger partial charge in [0, 0.05) is 24.9 Å². The predicted octanol–water partition coefficient (Wildman–Crippen LogP) is 2.30. The summed E-state index contributed by atoms with van der Waals surface area (Å²) in [6.45, 7) is 5.65. The normalized spacial score (nSPS) is 14.0. The van der Waals surface area contributed by atoms with E-state index in [1.807, 2.05) is 19.9 Å². The Morgan fingerprint density at radius 2 is 1.93 bits per heavy atom. The van der Waals surface area contributed by atoms with E-state index in [0.717, 1.165) is 37.5 Å². The highest BCUT2D eigenvalue weighted by Crippen LogP contribution is 2.16. The first-order chi connectivity index (χ1) is 14.0. The largest absolute Gasteiger partial charge is 0.343 e. The molecule has 0 spiro atoms. The first-order valence-corrected chi connectivity index (χ1v) is 10.2. The van der Waals surface area contributed by atoms with E-state index in [9.17, 15) is 9.59 Å². The van der Waals surface area contributed by atoms with Gasteiger partial charge in [0.05, 0.1) is 11.9 Å². The summed E-state index contributed by atoms with van der Waals surface area (Å²) in [7, 11) is 0. The second-order valence-corrected chi connectivity index (χ2v) is 7.95. The molecule has 0 saturated carbocycles. The number of nitrogens with zero attached hydrogens (tertiary/aromatic N) is 5. The molecule has 0 radical (unpaired) electrons. The van der Waals surface area contributed by atoms with Crippen LogP contribution < -0.4 is 10.9 Å². The van der Waals surface area contributed by atoms with Crippen molar-refractivity contribution in [2.75, 3.05) is 0 Å². The third-order valence-electron chi connectivity index (χ3n) is 5.21. The maximum absolute atomic E-state index is 13.0. The molecular formula is C21H26N6O2. The maximum Gasteiger partial charge on any atom is 0.274 e. The first kappa shape index (κ1) is 19.3. The van der Waals surface area contributed by atoms with E-state index in [2.05, 4.69) is 25.2 Å². The Morgan fingerprint density at radius 1 is 1.14 bits per heavy atom. The van der Waals surface area contributed by atoms with Crippen LogP contribution in [0.5, 0.6) is 0 Å². The fraction of sp³-hybridized carbons (Fsp3) is 0.476. The minimum Gasteiger partial charge on any atom is -0.343 e. The van der Waals surface area contributed by atoms with Gasteiger partial charge in [-0.1, -0.05) is 38.5 Å². The highest BCUT2D eigenvalue weighted by atomic mass is 16.2. The van der Waals surface area contributed by atoms with Gasteiger partial charge in [-0.3, -0.25) is 9.59 Å². The van der Waals surface area contributed by atoms with Crippen molar-refractivity contribution in [2.45, 2.75) is 59.2 Å². The summed E-state index contributed by atoms with van der Waals surface area (Å²) in [5.74, 6) is 1.67. The SMILES string of the molecule is CC(C)Cn1nc(C(=O)NCc2nnc3n2CCCCC3)c2ccccc2c1=O. The molecule has 1 N–H and O–H groups in total. The number of hydrogen-bond donors (Lipinski definition) is 1. The van der Waals surface area contributed by atoms with Crippen LogP contribution in [0.15, 0.2) is 29.1 Å². The minimum absolute atomic E-state index is 0.173. The van der Waals surface area contributed by atoms with E-state index in [1.165, 1.54) is 11.1 Å². The lowest BCUT2D eigenvalue weighted by atomic mass is 10.1. The summed E-state index contributed by atoms with van der Waals surface area (Å²) < 4.78 is 3.50. The summed E-state index contributed by atoms with van der Waals surface area (Å²) in [4.78, 5) is 25.7. The molecule has 3 aromatic rings. The van der Waals surface area contributed by atoms with Crippen molar-refractivity contribution in [1.29, 1.82) is 0 Å². The lowest BCUT2D eigenvalue weighted by molar-refractivity contribution is 0.0943. The molecular weight excluding hydrogens is 368 g/mol. The molecule has 1 aliphatic rings. The second kappa shape index (κ2) is 8.14. The van der Waals surface area contributed by atoms with Gasteiger partial charge in [-0.2, -0.15) is 5.10 Å². The number of rotatable bonds is 5. The van der Waals surface area contributed by atoms with Gasteiger partial charge in [0.1, 0.15) is 5.82 Å². The molecule has 8 nitrogen and oxygen atoms in total. The Bertz CT molecular complexity index is 1100. The molecule has 1 aromatic carbocycles. The molecule has 4 rings (SSSR count). The average Bonchev–Trinajstić information content (AvgIpc) is 2.94. The van der Waals surface area contributed by atoms with Crippen LogP contribution in [-0.4, -0.2) is 30.5 Å². The summed E-state index contributed by atoms with van der Waals surface area (Å²) in [5, 5.41) is 16.9. The average molecular weight is 394 g/mol. The molecule has 1 aliphatic heterocycles. The smallest absolute Gasteiger partial charge is 0.274 e. The Morgan fingerprint density at radius 3 is 2.72 bits per heavy atom. The van der Waals surface area contributed by atoms with Crippen molar-refractivity contribution in [3.63, 3.8) is 0 Å². The standard InChI is InChI=1S/C21H26N6O2/c1-14(2)13-27-21(29)16-9-6-5-8-15(16)19(25-27)20(28)22-12-18-24-23-17-10-4-3-7-11-26(17)18/h5-6,8-9,14H,3-4,7,10-13H2,1-2H3,(H,22,28). The zero-order valence-corrected chi connectivity index (χ0v) is 16.9. The molecule has 2 aromatic heterocycles. The summed E-state index contributed by atoms with van der Waals surface area (Å²) in [6.07, 6.45) is 4.33. The number of nitrogens with one attached hydrogen (secondary N) is 1. The third-order valence-corrected chi connectivity index (χ3v) is 5.21. The van der Waals surface area contributed by atoms with Gasteiger partial charge in [-0.15, -0.1) is 10.2 Å². The topological polar surface area (TPSA) is 94.7 Å². The zero-order chi connectivity index (χ0) is 20.4. The Hall–Kier alpha value is -3.03. The molecule has 29 heavy (non-hydrogen) atoms. The van der Waals surface area contributed by atoms with E-state index in [0.29, 0.717) is 17.3 Å². The summed E-state index contributed by atoms with van der Waals surface area (Å²) >= 11 is 0. The van der Waals surface area contributed by atoms with Crippen LogP contribution in [0.1, 0.15) is 55.2 Å². The monoisotopic (exact) mass is 394 g/mol.